The van der Waals surface area contributed by atoms with Crippen LogP contribution in [-0.2, 0) is 23.3 Å². The molecule has 10 heteroatoms. The third kappa shape index (κ3) is 6.43. The van der Waals surface area contributed by atoms with E-state index >= 15 is 0 Å². The molecule has 5 rings (SSSR count). The highest BCUT2D eigenvalue weighted by Gasteiger charge is 2.34. The summed E-state index contributed by atoms with van der Waals surface area (Å²) >= 11 is 6.22. The van der Waals surface area contributed by atoms with Gasteiger partial charge in [-0.15, -0.1) is 0 Å². The molecule has 0 atom stereocenters. The first kappa shape index (κ1) is 27.2. The van der Waals surface area contributed by atoms with Gasteiger partial charge in [0.2, 0.25) is 0 Å². The molecule has 1 fully saturated rings. The molecule has 39 heavy (non-hydrogen) atoms. The number of nitrogens with one attached hydrogen (secondary N) is 1. The molecule has 3 aromatic carbocycles. The molecule has 0 radical (unpaired) electrons. The van der Waals surface area contributed by atoms with Crippen LogP contribution in [0.25, 0.3) is 11.1 Å². The van der Waals surface area contributed by atoms with E-state index in [1.807, 2.05) is 47.4 Å². The quantitative estimate of drug-likeness (QED) is 0.347. The van der Waals surface area contributed by atoms with Gasteiger partial charge in [-0.2, -0.15) is 8.42 Å². The van der Waals surface area contributed by atoms with Gasteiger partial charge in [-0.05, 0) is 71.5 Å². The minimum Gasteiger partial charge on any atom is -0.489 e. The molecule has 2 amide bonds. The SMILES string of the molecule is O=C(NCCS(=O)(=O)O)c1cc(-c2cccc(COc3ccc4c(c3)CN(C3CCCC3)C4=O)c2)ccc1Cl. The summed E-state index contributed by atoms with van der Waals surface area (Å²) in [6.07, 6.45) is 4.51. The Morgan fingerprint density at radius 1 is 1.05 bits per heavy atom. The van der Waals surface area contributed by atoms with E-state index in [4.69, 9.17) is 20.9 Å². The Kier molecular flexibility index (Phi) is 7.93. The topological polar surface area (TPSA) is 113 Å². The minimum absolute atomic E-state index is 0.116. The third-order valence-corrected chi connectivity index (χ3v) is 8.25. The summed E-state index contributed by atoms with van der Waals surface area (Å²) in [4.78, 5) is 27.4. The lowest BCUT2D eigenvalue weighted by atomic mass is 10.0. The molecule has 8 nitrogen and oxygen atoms in total. The predicted octanol–water partition coefficient (Wildman–Crippen LogP) is 5.10. The molecule has 0 spiro atoms. The molecular formula is C29H29ClN2O6S. The fraction of sp³-hybridized carbons (Fsp3) is 0.310. The second-order valence-electron chi connectivity index (χ2n) is 9.92. The van der Waals surface area contributed by atoms with Crippen LogP contribution in [0.3, 0.4) is 0 Å². The van der Waals surface area contributed by atoms with E-state index in [-0.39, 0.29) is 23.0 Å². The first-order valence-corrected chi connectivity index (χ1v) is 14.9. The Labute approximate surface area is 232 Å². The van der Waals surface area contributed by atoms with Crippen LogP contribution in [0.2, 0.25) is 5.02 Å². The van der Waals surface area contributed by atoms with Gasteiger partial charge >= 0.3 is 0 Å². The number of carbonyl (C=O) groups is 2. The number of rotatable bonds is 9. The summed E-state index contributed by atoms with van der Waals surface area (Å²) in [5.41, 5.74) is 4.49. The Morgan fingerprint density at radius 2 is 1.82 bits per heavy atom. The molecular weight excluding hydrogens is 540 g/mol. The molecule has 2 N–H and O–H groups in total. The normalized spacial score (nSPS) is 15.4. The monoisotopic (exact) mass is 568 g/mol. The summed E-state index contributed by atoms with van der Waals surface area (Å²) in [5.74, 6) is -0.301. The Hall–Kier alpha value is -3.40. The maximum atomic E-state index is 12.8. The van der Waals surface area contributed by atoms with Crippen molar-refractivity contribution >= 4 is 33.5 Å². The number of halogens is 1. The number of hydrogen-bond donors (Lipinski definition) is 2. The van der Waals surface area contributed by atoms with Gasteiger partial charge in [0, 0.05) is 24.7 Å². The van der Waals surface area contributed by atoms with Crippen molar-refractivity contribution in [1.82, 2.24) is 10.2 Å². The van der Waals surface area contributed by atoms with Gasteiger partial charge < -0.3 is 15.0 Å². The maximum absolute atomic E-state index is 12.8. The summed E-state index contributed by atoms with van der Waals surface area (Å²) in [7, 11) is -4.18. The van der Waals surface area contributed by atoms with Crippen LogP contribution in [0.1, 0.15) is 57.5 Å². The second kappa shape index (κ2) is 11.4. The zero-order valence-corrected chi connectivity index (χ0v) is 22.8. The molecule has 1 aliphatic heterocycles. The van der Waals surface area contributed by atoms with Crippen LogP contribution < -0.4 is 10.1 Å². The average Bonchev–Trinajstić information content (AvgIpc) is 3.55. The number of amides is 2. The number of ether oxygens (including phenoxy) is 1. The maximum Gasteiger partial charge on any atom is 0.266 e. The average molecular weight is 569 g/mol. The molecule has 0 saturated heterocycles. The van der Waals surface area contributed by atoms with E-state index in [9.17, 15) is 18.0 Å². The highest BCUT2D eigenvalue weighted by Crippen LogP contribution is 2.33. The van der Waals surface area contributed by atoms with E-state index in [0.717, 1.165) is 40.7 Å². The lowest BCUT2D eigenvalue weighted by molar-refractivity contribution is 0.0706. The highest BCUT2D eigenvalue weighted by atomic mass is 35.5. The first-order valence-electron chi connectivity index (χ1n) is 12.9. The second-order valence-corrected chi connectivity index (χ2v) is 11.9. The van der Waals surface area contributed by atoms with Gasteiger partial charge in [-0.25, -0.2) is 0 Å². The van der Waals surface area contributed by atoms with Crippen molar-refractivity contribution in [2.75, 3.05) is 12.3 Å². The van der Waals surface area contributed by atoms with Crippen molar-refractivity contribution in [3.8, 4) is 16.9 Å². The number of nitrogens with zero attached hydrogens (tertiary/aromatic N) is 1. The fourth-order valence-corrected chi connectivity index (χ4v) is 5.76. The minimum atomic E-state index is -4.18. The molecule has 0 unspecified atom stereocenters. The summed E-state index contributed by atoms with van der Waals surface area (Å²) < 4.78 is 36.8. The van der Waals surface area contributed by atoms with Crippen molar-refractivity contribution in [3.05, 3.63) is 87.9 Å². The van der Waals surface area contributed by atoms with Gasteiger partial charge in [-0.1, -0.05) is 48.7 Å². The standard InChI is InChI=1S/C29H29ClN2O6S/c30-27-11-8-21(16-26(27)28(33)31-12-13-39(35,36)37)20-5-3-4-19(14-20)18-38-24-9-10-25-22(15-24)17-32(29(25)34)23-6-1-2-7-23/h3-5,8-11,14-16,23H,1-2,6-7,12-13,17-18H2,(H,31,33)(H,35,36,37). The smallest absolute Gasteiger partial charge is 0.266 e. The molecule has 3 aromatic rings. The molecule has 2 aliphatic rings. The highest BCUT2D eigenvalue weighted by molar-refractivity contribution is 7.85. The molecule has 0 aromatic heterocycles. The van der Waals surface area contributed by atoms with Crippen molar-refractivity contribution in [3.63, 3.8) is 0 Å². The van der Waals surface area contributed by atoms with Crippen LogP contribution >= 0.6 is 11.6 Å². The van der Waals surface area contributed by atoms with E-state index in [2.05, 4.69) is 5.32 Å². The van der Waals surface area contributed by atoms with Crippen LogP contribution in [-0.4, -0.2) is 48.0 Å². The van der Waals surface area contributed by atoms with Crippen molar-refractivity contribution in [2.45, 2.75) is 44.9 Å². The van der Waals surface area contributed by atoms with Gasteiger partial charge in [-0.3, -0.25) is 14.1 Å². The van der Waals surface area contributed by atoms with Crippen LogP contribution in [0, 0.1) is 0 Å². The van der Waals surface area contributed by atoms with Crippen LogP contribution in [0.15, 0.2) is 60.7 Å². The number of benzene rings is 3. The molecule has 1 heterocycles. The van der Waals surface area contributed by atoms with Gasteiger partial charge in [0.15, 0.2) is 0 Å². The Balaban J connectivity index is 1.25. The van der Waals surface area contributed by atoms with Gasteiger partial charge in [0.05, 0.1) is 16.3 Å². The number of hydrogen-bond acceptors (Lipinski definition) is 5. The summed E-state index contributed by atoms with van der Waals surface area (Å²) in [5, 5.41) is 2.68. The lowest BCUT2D eigenvalue weighted by Gasteiger charge is -2.23. The summed E-state index contributed by atoms with van der Waals surface area (Å²) in [6.45, 7) is 0.720. The molecule has 1 aliphatic carbocycles. The number of carbonyl (C=O) groups excluding carboxylic acids is 2. The van der Waals surface area contributed by atoms with Crippen molar-refractivity contribution in [2.24, 2.45) is 0 Å². The lowest BCUT2D eigenvalue weighted by Crippen LogP contribution is -2.33. The van der Waals surface area contributed by atoms with Gasteiger partial charge in [0.1, 0.15) is 12.4 Å². The van der Waals surface area contributed by atoms with Crippen molar-refractivity contribution < 1.29 is 27.3 Å². The van der Waals surface area contributed by atoms with E-state index in [0.29, 0.717) is 24.9 Å². The first-order chi connectivity index (χ1) is 18.7. The van der Waals surface area contributed by atoms with Crippen molar-refractivity contribution in [1.29, 1.82) is 0 Å². The predicted molar refractivity (Wildman–Crippen MR) is 149 cm³/mol. The summed E-state index contributed by atoms with van der Waals surface area (Å²) in [6, 6.07) is 18.7. The third-order valence-electron chi connectivity index (χ3n) is 7.20. The zero-order valence-electron chi connectivity index (χ0n) is 21.2. The molecule has 204 valence electrons. The molecule has 0 bridgehead atoms. The van der Waals surface area contributed by atoms with E-state index in [1.54, 1.807) is 18.2 Å². The molecule has 1 saturated carbocycles. The Morgan fingerprint density at radius 3 is 2.59 bits per heavy atom. The van der Waals surface area contributed by atoms with E-state index in [1.165, 1.54) is 12.8 Å². The van der Waals surface area contributed by atoms with E-state index < -0.39 is 21.8 Å². The fourth-order valence-electron chi connectivity index (χ4n) is 5.20. The number of fused-ring (bicyclic) bond motifs is 1. The zero-order chi connectivity index (χ0) is 27.6. The largest absolute Gasteiger partial charge is 0.489 e. The Bertz CT molecular complexity index is 1520. The van der Waals surface area contributed by atoms with Crippen LogP contribution in [0.5, 0.6) is 5.75 Å². The van der Waals surface area contributed by atoms with Crippen LogP contribution in [0.4, 0.5) is 0 Å². The van der Waals surface area contributed by atoms with Gasteiger partial charge in [0.25, 0.3) is 21.9 Å².